The highest BCUT2D eigenvalue weighted by Crippen LogP contribution is 2.34. The molecule has 2 heterocycles. The molecule has 0 radical (unpaired) electrons. The fraction of sp³-hybridized carbons (Fsp3) is 0.609. The largest absolute Gasteiger partial charge is 0.368 e. The highest BCUT2D eigenvalue weighted by atomic mass is 32.1. The van der Waals surface area contributed by atoms with Crippen LogP contribution in [0.1, 0.15) is 45.4 Å². The number of benzene rings is 1. The van der Waals surface area contributed by atoms with E-state index in [0.29, 0.717) is 12.5 Å². The lowest BCUT2D eigenvalue weighted by Gasteiger charge is -2.36. The SMILES string of the molecule is CC1CCC(NC(=O)CCCN2CCN(c3csc4cc(F)ccc34)CC2)CC1. The first-order chi connectivity index (χ1) is 14.1. The zero-order valence-electron chi connectivity index (χ0n) is 17.3. The number of hydrogen-bond acceptors (Lipinski definition) is 4. The van der Waals surface area contributed by atoms with Gasteiger partial charge in [-0.3, -0.25) is 9.69 Å². The highest BCUT2D eigenvalue weighted by Gasteiger charge is 2.21. The van der Waals surface area contributed by atoms with E-state index in [0.717, 1.165) is 68.0 Å². The summed E-state index contributed by atoms with van der Waals surface area (Å²) >= 11 is 1.61. The molecule has 6 heteroatoms. The van der Waals surface area contributed by atoms with Crippen molar-refractivity contribution in [3.05, 3.63) is 29.4 Å². The average Bonchev–Trinajstić information content (AvgIpc) is 3.13. The van der Waals surface area contributed by atoms with Crippen molar-refractivity contribution < 1.29 is 9.18 Å². The Morgan fingerprint density at radius 1 is 1.17 bits per heavy atom. The second kappa shape index (κ2) is 9.43. The Bertz CT molecular complexity index is 823. The molecule has 2 aromatic rings. The van der Waals surface area contributed by atoms with Crippen molar-refractivity contribution in [1.29, 1.82) is 0 Å². The number of piperazine rings is 1. The van der Waals surface area contributed by atoms with Gasteiger partial charge in [-0.2, -0.15) is 0 Å². The lowest BCUT2D eigenvalue weighted by molar-refractivity contribution is -0.122. The topological polar surface area (TPSA) is 35.6 Å². The molecule has 1 aliphatic carbocycles. The molecule has 1 aromatic heterocycles. The lowest BCUT2D eigenvalue weighted by atomic mass is 9.87. The van der Waals surface area contributed by atoms with E-state index in [-0.39, 0.29) is 11.7 Å². The Morgan fingerprint density at radius 2 is 1.93 bits per heavy atom. The molecule has 0 atom stereocenters. The van der Waals surface area contributed by atoms with Crippen LogP contribution in [-0.4, -0.2) is 49.6 Å². The van der Waals surface area contributed by atoms with Crippen molar-refractivity contribution in [2.45, 2.75) is 51.5 Å². The molecular weight excluding hydrogens is 385 g/mol. The van der Waals surface area contributed by atoms with Crippen LogP contribution in [-0.2, 0) is 4.79 Å². The van der Waals surface area contributed by atoms with E-state index in [1.807, 2.05) is 6.07 Å². The molecule has 1 aromatic carbocycles. The number of carbonyl (C=O) groups excluding carboxylic acids is 1. The van der Waals surface area contributed by atoms with Gasteiger partial charge in [-0.05, 0) is 62.8 Å². The van der Waals surface area contributed by atoms with Gasteiger partial charge in [-0.15, -0.1) is 11.3 Å². The summed E-state index contributed by atoms with van der Waals surface area (Å²) in [5.74, 6) is 0.869. The average molecular weight is 418 g/mol. The van der Waals surface area contributed by atoms with Gasteiger partial charge >= 0.3 is 0 Å². The molecule has 1 aliphatic heterocycles. The van der Waals surface area contributed by atoms with Crippen molar-refractivity contribution in [3.63, 3.8) is 0 Å². The molecule has 158 valence electrons. The van der Waals surface area contributed by atoms with Crippen molar-refractivity contribution >= 4 is 33.0 Å². The van der Waals surface area contributed by atoms with Gasteiger partial charge in [-0.25, -0.2) is 4.39 Å². The van der Waals surface area contributed by atoms with Crippen molar-refractivity contribution in [2.24, 2.45) is 5.92 Å². The number of halogens is 1. The predicted octanol–water partition coefficient (Wildman–Crippen LogP) is 4.64. The Balaban J connectivity index is 1.18. The normalized spacial score (nSPS) is 23.4. The summed E-state index contributed by atoms with van der Waals surface area (Å²) in [7, 11) is 0. The van der Waals surface area contributed by atoms with Crippen LogP contribution in [0.2, 0.25) is 0 Å². The summed E-state index contributed by atoms with van der Waals surface area (Å²) in [5.41, 5.74) is 1.23. The van der Waals surface area contributed by atoms with Crippen molar-refractivity contribution in [3.8, 4) is 0 Å². The van der Waals surface area contributed by atoms with Gasteiger partial charge in [0.1, 0.15) is 5.82 Å². The third-order valence-corrected chi connectivity index (χ3v) is 7.42. The second-order valence-corrected chi connectivity index (χ2v) is 9.63. The third kappa shape index (κ3) is 5.28. The zero-order chi connectivity index (χ0) is 20.2. The lowest BCUT2D eigenvalue weighted by Crippen LogP contribution is -2.46. The number of nitrogens with zero attached hydrogens (tertiary/aromatic N) is 2. The Labute approximate surface area is 177 Å². The number of nitrogens with one attached hydrogen (secondary N) is 1. The summed E-state index contributed by atoms with van der Waals surface area (Å²) in [6, 6.07) is 5.47. The van der Waals surface area contributed by atoms with Crippen LogP contribution >= 0.6 is 11.3 Å². The van der Waals surface area contributed by atoms with Crippen LogP contribution in [0.5, 0.6) is 0 Å². The van der Waals surface area contributed by atoms with Gasteiger partial charge in [0.25, 0.3) is 0 Å². The maximum atomic E-state index is 13.4. The summed E-state index contributed by atoms with van der Waals surface area (Å²) in [5, 5.41) is 6.53. The van der Waals surface area contributed by atoms with E-state index in [9.17, 15) is 9.18 Å². The number of carbonyl (C=O) groups is 1. The van der Waals surface area contributed by atoms with Gasteiger partial charge < -0.3 is 10.2 Å². The third-order valence-electron chi connectivity index (χ3n) is 6.49. The van der Waals surface area contributed by atoms with E-state index in [1.165, 1.54) is 18.5 Å². The summed E-state index contributed by atoms with van der Waals surface area (Å²) < 4.78 is 14.4. The van der Waals surface area contributed by atoms with Crippen LogP contribution in [0.25, 0.3) is 10.1 Å². The minimum absolute atomic E-state index is 0.169. The van der Waals surface area contributed by atoms with Crippen LogP contribution in [0.15, 0.2) is 23.6 Å². The quantitative estimate of drug-likeness (QED) is 0.744. The predicted molar refractivity (Wildman–Crippen MR) is 119 cm³/mol. The van der Waals surface area contributed by atoms with Gasteiger partial charge in [0, 0.05) is 54.1 Å². The molecule has 4 nitrogen and oxygen atoms in total. The van der Waals surface area contributed by atoms with Crippen molar-refractivity contribution in [1.82, 2.24) is 10.2 Å². The minimum Gasteiger partial charge on any atom is -0.368 e. The van der Waals surface area contributed by atoms with E-state index >= 15 is 0 Å². The van der Waals surface area contributed by atoms with E-state index < -0.39 is 0 Å². The Morgan fingerprint density at radius 3 is 2.69 bits per heavy atom. The first-order valence-corrected chi connectivity index (χ1v) is 11.9. The van der Waals surface area contributed by atoms with E-state index in [4.69, 9.17) is 0 Å². The number of rotatable bonds is 6. The molecule has 0 bridgehead atoms. The molecule has 2 aliphatic rings. The number of fused-ring (bicyclic) bond motifs is 1. The van der Waals surface area contributed by atoms with Crippen molar-refractivity contribution in [2.75, 3.05) is 37.6 Å². The van der Waals surface area contributed by atoms with Crippen LogP contribution in [0.3, 0.4) is 0 Å². The second-order valence-electron chi connectivity index (χ2n) is 8.72. The van der Waals surface area contributed by atoms with Crippen LogP contribution < -0.4 is 10.2 Å². The maximum Gasteiger partial charge on any atom is 0.220 e. The summed E-state index contributed by atoms with van der Waals surface area (Å²) in [4.78, 5) is 17.1. The van der Waals surface area contributed by atoms with E-state index in [1.54, 1.807) is 23.5 Å². The van der Waals surface area contributed by atoms with Gasteiger partial charge in [0.15, 0.2) is 0 Å². The molecule has 1 N–H and O–H groups in total. The van der Waals surface area contributed by atoms with Crippen LogP contribution in [0, 0.1) is 11.7 Å². The molecular formula is C23H32FN3OS. The summed E-state index contributed by atoms with van der Waals surface area (Å²) in [6.45, 7) is 7.28. The van der Waals surface area contributed by atoms with Gasteiger partial charge in [-0.1, -0.05) is 6.92 Å². The highest BCUT2D eigenvalue weighted by molar-refractivity contribution is 7.17. The number of thiophene rings is 1. The molecule has 1 amide bonds. The van der Waals surface area contributed by atoms with Gasteiger partial charge in [0.2, 0.25) is 5.91 Å². The monoisotopic (exact) mass is 417 g/mol. The molecule has 0 spiro atoms. The van der Waals surface area contributed by atoms with Gasteiger partial charge in [0.05, 0.1) is 5.69 Å². The fourth-order valence-corrected chi connectivity index (χ4v) is 5.61. The minimum atomic E-state index is -0.169. The Hall–Kier alpha value is -1.66. The Kier molecular flexibility index (Phi) is 6.70. The first kappa shape index (κ1) is 20.6. The molecule has 1 saturated carbocycles. The molecule has 4 rings (SSSR count). The number of hydrogen-bond donors (Lipinski definition) is 1. The smallest absolute Gasteiger partial charge is 0.220 e. The standard InChI is InChI=1S/C23H32FN3OS/c1-17-4-7-19(8-5-17)25-23(28)3-2-10-26-11-13-27(14-12-26)21-16-29-22-15-18(24)6-9-20(21)22/h6,9,15-17,19H,2-5,7-8,10-14H2,1H3,(H,25,28). The summed E-state index contributed by atoms with van der Waals surface area (Å²) in [6.07, 6.45) is 6.31. The molecule has 0 unspecified atom stereocenters. The number of anilines is 1. The molecule has 29 heavy (non-hydrogen) atoms. The molecule has 1 saturated heterocycles. The number of amides is 1. The fourth-order valence-electron chi connectivity index (χ4n) is 4.61. The first-order valence-electron chi connectivity index (χ1n) is 11.0. The van der Waals surface area contributed by atoms with Crippen LogP contribution in [0.4, 0.5) is 10.1 Å². The molecule has 2 fully saturated rings. The maximum absolute atomic E-state index is 13.4. The zero-order valence-corrected chi connectivity index (χ0v) is 18.1. The van der Waals surface area contributed by atoms with E-state index in [2.05, 4.69) is 27.4 Å².